The van der Waals surface area contributed by atoms with Crippen molar-refractivity contribution < 1.29 is 57.2 Å². The Labute approximate surface area is 440 Å². The smallest absolute Gasteiger partial charge is 0.305 e. The van der Waals surface area contributed by atoms with Crippen LogP contribution >= 0.6 is 95.6 Å². The van der Waals surface area contributed by atoms with Crippen molar-refractivity contribution in [1.29, 1.82) is 0 Å². The lowest BCUT2D eigenvalue weighted by Gasteiger charge is -2.36. The minimum atomic E-state index is -1.32. The van der Waals surface area contributed by atoms with Crippen LogP contribution < -0.4 is 0 Å². The van der Waals surface area contributed by atoms with E-state index < -0.39 is 40.7 Å². The second kappa shape index (κ2) is 45.0. The van der Waals surface area contributed by atoms with E-state index in [1.54, 1.807) is 0 Å². The van der Waals surface area contributed by atoms with Crippen LogP contribution in [0.4, 0.5) is 0 Å². The highest BCUT2D eigenvalue weighted by Gasteiger charge is 2.40. The zero-order valence-corrected chi connectivity index (χ0v) is 48.3. The fraction of sp³-hybridized carbons (Fsp3) is 0.872. The van der Waals surface area contributed by atoms with Crippen molar-refractivity contribution in [1.82, 2.24) is 0 Å². The quantitative estimate of drug-likeness (QED) is 0.0246. The topological polar surface area (TPSA) is 158 Å². The first-order chi connectivity index (χ1) is 31.4. The average Bonchev–Trinajstić information content (AvgIpc) is 3.30. The van der Waals surface area contributed by atoms with Crippen molar-refractivity contribution in [2.24, 2.45) is 10.8 Å². The zero-order valence-electron chi connectivity index (χ0n) is 38.7. The maximum Gasteiger partial charge on any atom is 0.305 e. The molecule has 0 aromatic carbocycles. The van der Waals surface area contributed by atoms with E-state index in [4.69, 9.17) is 28.4 Å². The number of hydrogen-bond donors (Lipinski definition) is 0. The predicted octanol–water partition coefficient (Wildman–Crippen LogP) is 12.8. The summed E-state index contributed by atoms with van der Waals surface area (Å²) < 4.78 is 35.9. The zero-order chi connectivity index (χ0) is 48.3. The first-order valence-electron chi connectivity index (χ1n) is 23.7. The van der Waals surface area contributed by atoms with Crippen molar-refractivity contribution in [3.8, 4) is 0 Å². The Morgan fingerprint density at radius 3 is 0.800 bits per heavy atom. The first-order valence-corrected chi connectivity index (χ1v) is 30.4. The lowest BCUT2D eigenvalue weighted by molar-refractivity contribution is -0.171. The molecular weight excluding hydrogens is 1240 g/mol. The standard InChI is InChI=1S/C47H78Br6O12/c48-27-13-1-7-19-40(54)25-26-46(35-61-41(55)20-8-2-14-28-49,36-62-42(56)21-9-3-15-29-50)33-60-34-47(37-63-43(57)22-10-4-16-30-51,38-64-44(58)23-11-5-17-31-52)39-65-45(59)24-12-6-18-32-53/h1-39H2. The van der Waals surface area contributed by atoms with Gasteiger partial charge in [0.05, 0.1) is 24.0 Å². The van der Waals surface area contributed by atoms with Crippen LogP contribution in [0.25, 0.3) is 0 Å². The molecule has 0 unspecified atom stereocenters. The third kappa shape index (κ3) is 38.3. The van der Waals surface area contributed by atoms with E-state index in [1.165, 1.54) is 0 Å². The molecule has 0 aliphatic carbocycles. The van der Waals surface area contributed by atoms with Crippen molar-refractivity contribution in [2.75, 3.05) is 78.2 Å². The Bertz CT molecular complexity index is 1030. The van der Waals surface area contributed by atoms with Crippen LogP contribution in [0.15, 0.2) is 0 Å². The van der Waals surface area contributed by atoms with Gasteiger partial charge in [-0.15, -0.1) is 0 Å². The van der Waals surface area contributed by atoms with Gasteiger partial charge in [-0.25, -0.2) is 0 Å². The number of alkyl halides is 6. The number of unbranched alkanes of at least 4 members (excludes halogenated alkanes) is 12. The maximum atomic E-state index is 13.3. The maximum absolute atomic E-state index is 13.3. The Morgan fingerprint density at radius 2 is 0.523 bits per heavy atom. The third-order valence-corrected chi connectivity index (χ3v) is 14.0. The lowest BCUT2D eigenvalue weighted by Crippen LogP contribution is -2.45. The number of hydrogen-bond acceptors (Lipinski definition) is 12. The number of esters is 5. The second-order valence-corrected chi connectivity index (χ2v) is 21.6. The van der Waals surface area contributed by atoms with Gasteiger partial charge >= 0.3 is 29.8 Å². The molecule has 0 radical (unpaired) electrons. The summed E-state index contributed by atoms with van der Waals surface area (Å²) in [6.07, 6.45) is 16.2. The molecule has 0 spiro atoms. The van der Waals surface area contributed by atoms with Crippen molar-refractivity contribution in [3.63, 3.8) is 0 Å². The van der Waals surface area contributed by atoms with E-state index in [0.717, 1.165) is 115 Å². The summed E-state index contributed by atoms with van der Waals surface area (Å²) in [5, 5.41) is 5.00. The Hall–Kier alpha value is -0.140. The van der Waals surface area contributed by atoms with Gasteiger partial charge in [-0.05, 0) is 83.5 Å². The van der Waals surface area contributed by atoms with Gasteiger partial charge in [-0.2, -0.15) is 0 Å². The highest BCUT2D eigenvalue weighted by atomic mass is 79.9. The highest BCUT2D eigenvalue weighted by molar-refractivity contribution is 9.10. The molecule has 0 aromatic heterocycles. The lowest BCUT2D eigenvalue weighted by atomic mass is 9.84. The van der Waals surface area contributed by atoms with E-state index in [-0.39, 0.29) is 97.0 Å². The fourth-order valence-electron chi connectivity index (χ4n) is 6.43. The van der Waals surface area contributed by atoms with Gasteiger partial charge in [-0.1, -0.05) is 134 Å². The number of carbonyl (C=O) groups is 6. The first kappa shape index (κ1) is 64.9. The Morgan fingerprint density at radius 1 is 0.277 bits per heavy atom. The predicted molar refractivity (Wildman–Crippen MR) is 278 cm³/mol. The van der Waals surface area contributed by atoms with E-state index >= 15 is 0 Å². The number of ketones is 1. The molecule has 0 N–H and O–H groups in total. The normalized spacial score (nSPS) is 11.6. The summed E-state index contributed by atoms with van der Waals surface area (Å²) in [7, 11) is 0. The van der Waals surface area contributed by atoms with Gasteiger partial charge in [0.25, 0.3) is 0 Å². The number of halogens is 6. The van der Waals surface area contributed by atoms with E-state index in [1.807, 2.05) is 0 Å². The third-order valence-electron chi connectivity index (χ3n) is 10.6. The van der Waals surface area contributed by atoms with Crippen molar-refractivity contribution >= 4 is 131 Å². The molecule has 0 saturated heterocycles. The van der Waals surface area contributed by atoms with Crippen LogP contribution in [-0.4, -0.2) is 114 Å². The van der Waals surface area contributed by atoms with E-state index in [2.05, 4.69) is 95.6 Å². The highest BCUT2D eigenvalue weighted by Crippen LogP contribution is 2.31. The molecule has 0 aliphatic rings. The molecule has 0 bridgehead atoms. The number of rotatable bonds is 47. The summed E-state index contributed by atoms with van der Waals surface area (Å²) in [4.78, 5) is 78.9. The number of ether oxygens (including phenoxy) is 6. The fourth-order valence-corrected chi connectivity index (χ4v) is 8.81. The number of Topliss-reactive ketones (excluding diaryl/α,β-unsaturated/α-hetero) is 1. The molecule has 12 nitrogen and oxygen atoms in total. The van der Waals surface area contributed by atoms with Crippen molar-refractivity contribution in [2.45, 2.75) is 167 Å². The molecular formula is C47H78Br6O12. The van der Waals surface area contributed by atoms with Gasteiger partial charge in [0.1, 0.15) is 38.8 Å². The SMILES string of the molecule is O=C(CCCCCBr)CCC(COCC(COC(=O)CCCCCBr)(COC(=O)CCCCCBr)COC(=O)CCCCCBr)(COC(=O)CCCCCBr)COC(=O)CCCCCBr. The molecule has 380 valence electrons. The van der Waals surface area contributed by atoms with E-state index in [0.29, 0.717) is 38.5 Å². The molecule has 0 amide bonds. The van der Waals surface area contributed by atoms with Gasteiger partial charge in [-0.3, -0.25) is 28.8 Å². The Balaban J connectivity index is 6.86. The summed E-state index contributed by atoms with van der Waals surface area (Å²) in [5.41, 5.74) is -2.46. The summed E-state index contributed by atoms with van der Waals surface area (Å²) in [6.45, 7) is -1.52. The van der Waals surface area contributed by atoms with Crippen LogP contribution in [0.1, 0.15) is 167 Å². The largest absolute Gasteiger partial charge is 0.465 e. The molecule has 0 aliphatic heterocycles. The minimum absolute atomic E-state index is 0.0367. The monoisotopic (exact) mass is 1310 g/mol. The molecule has 0 saturated carbocycles. The van der Waals surface area contributed by atoms with Gasteiger partial charge in [0.2, 0.25) is 0 Å². The molecule has 0 heterocycles. The summed E-state index contributed by atoms with van der Waals surface area (Å²) in [6, 6.07) is 0. The average molecular weight is 1310 g/mol. The molecule has 18 heteroatoms. The van der Waals surface area contributed by atoms with Gasteiger partial charge in [0, 0.05) is 76.9 Å². The summed E-state index contributed by atoms with van der Waals surface area (Å²) in [5.74, 6) is -2.11. The van der Waals surface area contributed by atoms with Crippen LogP contribution in [0.3, 0.4) is 0 Å². The van der Waals surface area contributed by atoms with Crippen LogP contribution in [0.5, 0.6) is 0 Å². The van der Waals surface area contributed by atoms with E-state index in [9.17, 15) is 28.8 Å². The summed E-state index contributed by atoms with van der Waals surface area (Å²) >= 11 is 20.6. The van der Waals surface area contributed by atoms with Crippen LogP contribution in [0, 0.1) is 10.8 Å². The molecule has 0 fully saturated rings. The molecule has 0 atom stereocenters. The van der Waals surface area contributed by atoms with Crippen LogP contribution in [0.2, 0.25) is 0 Å². The molecule has 65 heavy (non-hydrogen) atoms. The Kier molecular flexibility index (Phi) is 44.9. The number of carbonyl (C=O) groups excluding carboxylic acids is 6. The minimum Gasteiger partial charge on any atom is -0.465 e. The second-order valence-electron chi connectivity index (χ2n) is 16.8. The molecule has 0 rings (SSSR count). The molecule has 0 aromatic rings. The van der Waals surface area contributed by atoms with Gasteiger partial charge in [0.15, 0.2) is 0 Å². The van der Waals surface area contributed by atoms with Crippen molar-refractivity contribution in [3.05, 3.63) is 0 Å². The van der Waals surface area contributed by atoms with Gasteiger partial charge < -0.3 is 28.4 Å². The van der Waals surface area contributed by atoms with Crippen LogP contribution in [-0.2, 0) is 57.2 Å².